The molecule has 7 nitrogen and oxygen atoms in total. The molecule has 4 rings (SSSR count). The lowest BCUT2D eigenvalue weighted by Crippen LogP contribution is -2.42. The highest BCUT2D eigenvalue weighted by atomic mass is 32.2. The van der Waals surface area contributed by atoms with Gasteiger partial charge in [-0.25, -0.2) is 13.1 Å². The maximum absolute atomic E-state index is 13.2. The van der Waals surface area contributed by atoms with Gasteiger partial charge in [0.1, 0.15) is 0 Å². The Morgan fingerprint density at radius 3 is 2.57 bits per heavy atom. The van der Waals surface area contributed by atoms with E-state index in [4.69, 9.17) is 4.74 Å². The highest BCUT2D eigenvalue weighted by Gasteiger charge is 2.43. The van der Waals surface area contributed by atoms with Gasteiger partial charge in [-0.15, -0.1) is 0 Å². The lowest BCUT2D eigenvalue weighted by molar-refractivity contribution is -0.154. The third-order valence-electron chi connectivity index (χ3n) is 6.22. The molecule has 0 radical (unpaired) electrons. The molecule has 1 amide bonds. The highest BCUT2D eigenvalue weighted by molar-refractivity contribution is 7.89. The van der Waals surface area contributed by atoms with E-state index in [0.717, 1.165) is 18.5 Å². The number of hydrogen-bond acceptors (Lipinski definition) is 5. The molecule has 1 saturated carbocycles. The van der Waals surface area contributed by atoms with Gasteiger partial charge in [-0.3, -0.25) is 9.59 Å². The van der Waals surface area contributed by atoms with Gasteiger partial charge < -0.3 is 9.64 Å². The lowest BCUT2D eigenvalue weighted by Gasteiger charge is -2.26. The fourth-order valence-electron chi connectivity index (χ4n) is 4.67. The van der Waals surface area contributed by atoms with Gasteiger partial charge in [-0.2, -0.15) is 0 Å². The second-order valence-corrected chi connectivity index (χ2v) is 9.63. The first kappa shape index (κ1) is 20.8. The number of nitrogens with zero attached hydrogens (tertiary/aromatic N) is 1. The van der Waals surface area contributed by atoms with E-state index in [2.05, 4.69) is 4.72 Å². The second-order valence-electron chi connectivity index (χ2n) is 7.89. The number of rotatable bonds is 7. The van der Waals surface area contributed by atoms with Crippen LogP contribution in [0.5, 0.6) is 0 Å². The van der Waals surface area contributed by atoms with Crippen molar-refractivity contribution in [3.8, 4) is 0 Å². The quantitative estimate of drug-likeness (QED) is 0.681. The predicted octanol–water partition coefficient (Wildman–Crippen LogP) is 3.22. The van der Waals surface area contributed by atoms with E-state index >= 15 is 0 Å². The summed E-state index contributed by atoms with van der Waals surface area (Å²) in [6.07, 6.45) is 2.96. The number of hydrogen-bond donors (Lipinski definition) is 1. The van der Waals surface area contributed by atoms with E-state index in [1.807, 2.05) is 6.92 Å². The minimum Gasteiger partial charge on any atom is -0.466 e. The average Bonchev–Trinajstić information content (AvgIpc) is 3.32. The molecule has 30 heavy (non-hydrogen) atoms. The maximum atomic E-state index is 13.2. The van der Waals surface area contributed by atoms with E-state index in [0.29, 0.717) is 35.7 Å². The van der Waals surface area contributed by atoms with Gasteiger partial charge in [0, 0.05) is 29.4 Å². The largest absolute Gasteiger partial charge is 0.466 e. The van der Waals surface area contributed by atoms with Crippen molar-refractivity contribution in [2.24, 2.45) is 5.41 Å². The standard InChI is InChI=1S/C22H26N2O5S/c1-3-24-17-10-11-18(15-8-7-9-16(19(15)17)20(24)25)30(27,28)23-14-22(12-5-6-13-22)21(26)29-4-2/h7-11,23H,3-6,12-14H2,1-2H3. The monoisotopic (exact) mass is 430 g/mol. The molecule has 1 N–H and O–H groups in total. The molecule has 0 unspecified atom stereocenters. The van der Waals surface area contributed by atoms with Gasteiger partial charge in [-0.05, 0) is 44.9 Å². The number of sulfonamides is 1. The summed E-state index contributed by atoms with van der Waals surface area (Å²) in [4.78, 5) is 27.0. The van der Waals surface area contributed by atoms with Crippen molar-refractivity contribution in [3.63, 3.8) is 0 Å². The zero-order chi connectivity index (χ0) is 21.5. The zero-order valence-corrected chi connectivity index (χ0v) is 18.0. The Balaban J connectivity index is 1.70. The van der Waals surface area contributed by atoms with Gasteiger partial charge in [0.15, 0.2) is 0 Å². The maximum Gasteiger partial charge on any atom is 0.313 e. The van der Waals surface area contributed by atoms with E-state index < -0.39 is 15.4 Å². The molecular weight excluding hydrogens is 404 g/mol. The molecule has 2 aromatic carbocycles. The Kier molecular flexibility index (Phi) is 5.32. The number of ether oxygens (including phenoxy) is 1. The van der Waals surface area contributed by atoms with Crippen molar-refractivity contribution in [1.82, 2.24) is 4.72 Å². The van der Waals surface area contributed by atoms with Crippen molar-refractivity contribution < 1.29 is 22.7 Å². The lowest BCUT2D eigenvalue weighted by atomic mass is 9.86. The first-order valence-corrected chi connectivity index (χ1v) is 11.9. The smallest absolute Gasteiger partial charge is 0.313 e. The highest BCUT2D eigenvalue weighted by Crippen LogP contribution is 2.41. The van der Waals surface area contributed by atoms with Crippen LogP contribution in [0.15, 0.2) is 35.2 Å². The molecule has 0 aromatic heterocycles. The molecule has 2 aromatic rings. The van der Waals surface area contributed by atoms with Crippen molar-refractivity contribution in [1.29, 1.82) is 0 Å². The summed E-state index contributed by atoms with van der Waals surface area (Å²) in [6.45, 7) is 4.42. The molecule has 1 fully saturated rings. The van der Waals surface area contributed by atoms with E-state index in [9.17, 15) is 18.0 Å². The van der Waals surface area contributed by atoms with Gasteiger partial charge in [0.25, 0.3) is 5.91 Å². The third kappa shape index (κ3) is 3.18. The summed E-state index contributed by atoms with van der Waals surface area (Å²) in [5.41, 5.74) is 0.429. The van der Waals surface area contributed by atoms with E-state index in [-0.39, 0.29) is 29.9 Å². The van der Waals surface area contributed by atoms with Crippen LogP contribution >= 0.6 is 0 Å². The summed E-state index contributed by atoms with van der Waals surface area (Å²) in [5.74, 6) is -0.456. The summed E-state index contributed by atoms with van der Waals surface area (Å²) >= 11 is 0. The van der Waals surface area contributed by atoms with Gasteiger partial charge in [0.2, 0.25) is 10.0 Å². The number of esters is 1. The SMILES string of the molecule is CCOC(=O)C1(CNS(=O)(=O)c2ccc3c4c(cccc24)C(=O)N3CC)CCCC1. The molecule has 1 aliphatic heterocycles. The zero-order valence-electron chi connectivity index (χ0n) is 17.2. The minimum atomic E-state index is -3.90. The molecule has 0 bridgehead atoms. The Labute approximate surface area is 176 Å². The number of anilines is 1. The summed E-state index contributed by atoms with van der Waals surface area (Å²) < 4.78 is 34.4. The van der Waals surface area contributed by atoms with Crippen LogP contribution in [0.2, 0.25) is 0 Å². The van der Waals surface area contributed by atoms with Crippen molar-refractivity contribution in [3.05, 3.63) is 35.9 Å². The van der Waals surface area contributed by atoms with Crippen LogP contribution < -0.4 is 9.62 Å². The Morgan fingerprint density at radius 2 is 1.90 bits per heavy atom. The fourth-order valence-corrected chi connectivity index (χ4v) is 6.00. The molecule has 160 valence electrons. The molecule has 0 atom stereocenters. The Bertz CT molecular complexity index is 1120. The molecular formula is C22H26N2O5S. The first-order valence-electron chi connectivity index (χ1n) is 10.4. The number of carbonyl (C=O) groups is 2. The topological polar surface area (TPSA) is 92.8 Å². The number of carbonyl (C=O) groups excluding carboxylic acids is 2. The predicted molar refractivity (Wildman–Crippen MR) is 114 cm³/mol. The van der Waals surface area contributed by atoms with E-state index in [1.54, 1.807) is 36.1 Å². The second kappa shape index (κ2) is 7.67. The van der Waals surface area contributed by atoms with Crippen molar-refractivity contribution >= 4 is 38.4 Å². The van der Waals surface area contributed by atoms with Crippen LogP contribution in [0, 0.1) is 5.41 Å². The average molecular weight is 431 g/mol. The van der Waals surface area contributed by atoms with Gasteiger partial charge in [-0.1, -0.05) is 25.0 Å². The number of nitrogens with one attached hydrogen (secondary N) is 1. The van der Waals surface area contributed by atoms with Crippen LogP contribution in [0.25, 0.3) is 10.8 Å². The molecule has 0 saturated heterocycles. The van der Waals surface area contributed by atoms with Crippen LogP contribution in [-0.4, -0.2) is 40.0 Å². The van der Waals surface area contributed by atoms with Crippen molar-refractivity contribution in [2.75, 3.05) is 24.6 Å². The van der Waals surface area contributed by atoms with Crippen molar-refractivity contribution in [2.45, 2.75) is 44.4 Å². The van der Waals surface area contributed by atoms with Crippen LogP contribution in [-0.2, 0) is 19.6 Å². The molecule has 2 aliphatic rings. The summed E-state index contributed by atoms with van der Waals surface area (Å²) in [5, 5.41) is 1.17. The molecule has 1 heterocycles. The van der Waals surface area contributed by atoms with Crippen LogP contribution in [0.4, 0.5) is 5.69 Å². The fraction of sp³-hybridized carbons (Fsp3) is 0.455. The van der Waals surface area contributed by atoms with Crippen LogP contribution in [0.3, 0.4) is 0 Å². The van der Waals surface area contributed by atoms with Gasteiger partial charge in [0.05, 0.1) is 22.6 Å². The number of benzene rings is 2. The summed E-state index contributed by atoms with van der Waals surface area (Å²) in [6, 6.07) is 8.37. The summed E-state index contributed by atoms with van der Waals surface area (Å²) in [7, 11) is -3.90. The molecule has 0 spiro atoms. The molecule has 1 aliphatic carbocycles. The Hall–Kier alpha value is -2.45. The third-order valence-corrected chi connectivity index (χ3v) is 7.68. The Morgan fingerprint density at radius 1 is 1.17 bits per heavy atom. The number of amides is 1. The normalized spacial score (nSPS) is 17.7. The first-order chi connectivity index (χ1) is 14.3. The van der Waals surface area contributed by atoms with Gasteiger partial charge >= 0.3 is 5.97 Å². The minimum absolute atomic E-state index is 0.0110. The van der Waals surface area contributed by atoms with Crippen LogP contribution in [0.1, 0.15) is 49.9 Å². The van der Waals surface area contributed by atoms with E-state index in [1.165, 1.54) is 6.07 Å². The molecule has 8 heteroatoms.